The van der Waals surface area contributed by atoms with Gasteiger partial charge in [-0.25, -0.2) is 9.50 Å². The SMILES string of the molecule is CB(Cc1ccccc1)N(C)c1cc(C)nn2c(C(=O)NC3(C#N)CC3)cnc12. The average molecular weight is 386 g/mol. The van der Waals surface area contributed by atoms with Crippen molar-refractivity contribution in [1.29, 1.82) is 5.26 Å². The summed E-state index contributed by atoms with van der Waals surface area (Å²) >= 11 is 0. The monoisotopic (exact) mass is 386 g/mol. The van der Waals surface area contributed by atoms with Gasteiger partial charge in [0.1, 0.15) is 5.54 Å². The quantitative estimate of drug-likeness (QED) is 0.659. The summed E-state index contributed by atoms with van der Waals surface area (Å²) in [5.74, 6) is -0.319. The standard InChI is InChI=1S/C21H23BN6O/c1-15-11-17(27(3)22(2)12-16-7-5-4-6-8-16)19-24-13-18(28(19)26-15)20(29)25-21(14-23)9-10-21/h4-8,11,13H,9-10,12H2,1-3H3,(H,25,29). The van der Waals surface area contributed by atoms with Crippen LogP contribution in [0.3, 0.4) is 0 Å². The number of rotatable bonds is 6. The Labute approximate surface area is 170 Å². The summed E-state index contributed by atoms with van der Waals surface area (Å²) < 4.78 is 1.58. The predicted octanol–water partition coefficient (Wildman–Crippen LogP) is 2.66. The number of anilines is 1. The topological polar surface area (TPSA) is 86.3 Å². The molecule has 1 fully saturated rings. The number of benzene rings is 1. The van der Waals surface area contributed by atoms with Crippen LogP contribution < -0.4 is 10.1 Å². The first kappa shape index (κ1) is 19.0. The normalized spacial score (nSPS) is 14.3. The molecule has 0 aliphatic heterocycles. The van der Waals surface area contributed by atoms with Crippen molar-refractivity contribution in [1.82, 2.24) is 19.9 Å². The minimum Gasteiger partial charge on any atom is -0.414 e. The van der Waals surface area contributed by atoms with Crippen molar-refractivity contribution in [3.8, 4) is 6.07 Å². The van der Waals surface area contributed by atoms with Crippen molar-refractivity contribution in [2.24, 2.45) is 0 Å². The molecule has 7 nitrogen and oxygen atoms in total. The Morgan fingerprint density at radius 1 is 1.38 bits per heavy atom. The third kappa shape index (κ3) is 3.68. The minimum absolute atomic E-state index is 0.227. The van der Waals surface area contributed by atoms with E-state index in [1.807, 2.05) is 38.2 Å². The molecule has 1 aliphatic rings. The highest BCUT2D eigenvalue weighted by molar-refractivity contribution is 6.61. The van der Waals surface area contributed by atoms with Crippen LogP contribution in [0, 0.1) is 18.3 Å². The molecule has 0 spiro atoms. The number of hydrogen-bond acceptors (Lipinski definition) is 5. The number of imidazole rings is 1. The molecule has 8 heteroatoms. The maximum absolute atomic E-state index is 12.7. The Morgan fingerprint density at radius 2 is 2.10 bits per heavy atom. The minimum atomic E-state index is -0.727. The van der Waals surface area contributed by atoms with E-state index in [0.29, 0.717) is 24.2 Å². The molecule has 1 amide bonds. The van der Waals surface area contributed by atoms with E-state index in [-0.39, 0.29) is 12.8 Å². The van der Waals surface area contributed by atoms with Crippen LogP contribution in [0.4, 0.5) is 5.69 Å². The molecule has 1 aromatic carbocycles. The molecule has 4 rings (SSSR count). The van der Waals surface area contributed by atoms with E-state index in [2.05, 4.69) is 45.2 Å². The number of nitrogens with one attached hydrogen (secondary N) is 1. The lowest BCUT2D eigenvalue weighted by Gasteiger charge is -2.25. The van der Waals surface area contributed by atoms with E-state index in [1.165, 1.54) is 11.8 Å². The van der Waals surface area contributed by atoms with Gasteiger partial charge < -0.3 is 10.1 Å². The van der Waals surface area contributed by atoms with Gasteiger partial charge in [0.15, 0.2) is 11.3 Å². The Morgan fingerprint density at radius 3 is 2.76 bits per heavy atom. The van der Waals surface area contributed by atoms with Gasteiger partial charge in [-0.2, -0.15) is 10.4 Å². The zero-order chi connectivity index (χ0) is 20.6. The third-order valence-electron chi connectivity index (χ3n) is 5.53. The molecule has 0 saturated heterocycles. The van der Waals surface area contributed by atoms with Gasteiger partial charge in [0, 0.05) is 0 Å². The van der Waals surface area contributed by atoms with Crippen LogP contribution in [0.15, 0.2) is 42.6 Å². The predicted molar refractivity (Wildman–Crippen MR) is 113 cm³/mol. The van der Waals surface area contributed by atoms with Crippen LogP contribution in [0.5, 0.6) is 0 Å². The van der Waals surface area contributed by atoms with Gasteiger partial charge in [0.25, 0.3) is 12.8 Å². The zero-order valence-electron chi connectivity index (χ0n) is 16.9. The summed E-state index contributed by atoms with van der Waals surface area (Å²) in [5.41, 5.74) is 3.22. The number of amides is 1. The van der Waals surface area contributed by atoms with E-state index in [9.17, 15) is 10.1 Å². The highest BCUT2D eigenvalue weighted by atomic mass is 16.2. The number of carbonyl (C=O) groups is 1. The number of nitrogens with zero attached hydrogens (tertiary/aromatic N) is 5. The van der Waals surface area contributed by atoms with Crippen molar-refractivity contribution >= 4 is 24.1 Å². The van der Waals surface area contributed by atoms with Crippen molar-refractivity contribution in [3.63, 3.8) is 0 Å². The van der Waals surface area contributed by atoms with Crippen molar-refractivity contribution < 1.29 is 4.79 Å². The molecule has 1 N–H and O–H groups in total. The average Bonchev–Trinajstić information content (AvgIpc) is 3.36. The summed E-state index contributed by atoms with van der Waals surface area (Å²) in [4.78, 5) is 19.4. The summed E-state index contributed by atoms with van der Waals surface area (Å²) in [5, 5.41) is 16.6. The second-order valence-corrected chi connectivity index (χ2v) is 7.85. The van der Waals surface area contributed by atoms with Gasteiger partial charge >= 0.3 is 0 Å². The molecule has 0 bridgehead atoms. The van der Waals surface area contributed by atoms with E-state index in [1.54, 1.807) is 4.52 Å². The molecule has 1 aliphatic carbocycles. The Kier molecular flexibility index (Phi) is 4.75. The van der Waals surface area contributed by atoms with Crippen LogP contribution in [0.2, 0.25) is 6.82 Å². The van der Waals surface area contributed by atoms with Crippen LogP contribution in [0.1, 0.15) is 34.6 Å². The molecule has 1 saturated carbocycles. The second-order valence-electron chi connectivity index (χ2n) is 7.85. The first-order chi connectivity index (χ1) is 13.9. The van der Waals surface area contributed by atoms with Crippen molar-refractivity contribution in [2.45, 2.75) is 38.4 Å². The van der Waals surface area contributed by atoms with E-state index < -0.39 is 5.54 Å². The van der Waals surface area contributed by atoms with Gasteiger partial charge in [-0.3, -0.25) is 4.79 Å². The summed E-state index contributed by atoms with van der Waals surface area (Å²) in [7, 11) is 2.03. The molecule has 29 heavy (non-hydrogen) atoms. The fourth-order valence-electron chi connectivity index (χ4n) is 3.49. The zero-order valence-corrected chi connectivity index (χ0v) is 16.9. The second kappa shape index (κ2) is 7.24. The van der Waals surface area contributed by atoms with Crippen LogP contribution in [-0.2, 0) is 6.32 Å². The number of aromatic nitrogens is 3. The fourth-order valence-corrected chi connectivity index (χ4v) is 3.49. The highest BCUT2D eigenvalue weighted by Gasteiger charge is 2.45. The largest absolute Gasteiger partial charge is 0.414 e. The number of carbonyl (C=O) groups excluding carboxylic acids is 1. The lowest BCUT2D eigenvalue weighted by Crippen LogP contribution is -2.37. The molecule has 2 heterocycles. The lowest BCUT2D eigenvalue weighted by molar-refractivity contribution is 0.0934. The maximum atomic E-state index is 12.7. The third-order valence-corrected chi connectivity index (χ3v) is 5.53. The maximum Gasteiger partial charge on any atom is 0.272 e. The number of aryl methyl sites for hydroxylation is 1. The Bertz CT molecular complexity index is 1100. The van der Waals surface area contributed by atoms with E-state index >= 15 is 0 Å². The highest BCUT2D eigenvalue weighted by Crippen LogP contribution is 2.34. The molecular weight excluding hydrogens is 363 g/mol. The first-order valence-corrected chi connectivity index (χ1v) is 9.78. The van der Waals surface area contributed by atoms with Gasteiger partial charge in [-0.1, -0.05) is 42.7 Å². The van der Waals surface area contributed by atoms with Gasteiger partial charge in [0.05, 0.1) is 23.6 Å². The van der Waals surface area contributed by atoms with Crippen LogP contribution >= 0.6 is 0 Å². The van der Waals surface area contributed by atoms with Crippen LogP contribution in [-0.4, -0.2) is 39.9 Å². The van der Waals surface area contributed by atoms with Crippen molar-refractivity contribution in [3.05, 3.63) is 59.5 Å². The summed E-state index contributed by atoms with van der Waals surface area (Å²) in [6.45, 7) is 4.29. The lowest BCUT2D eigenvalue weighted by atomic mass is 9.58. The molecule has 146 valence electrons. The summed E-state index contributed by atoms with van der Waals surface area (Å²) in [6.07, 6.45) is 3.79. The van der Waals surface area contributed by atoms with Gasteiger partial charge in [-0.15, -0.1) is 0 Å². The van der Waals surface area contributed by atoms with Crippen LogP contribution in [0.25, 0.3) is 5.65 Å². The first-order valence-electron chi connectivity index (χ1n) is 9.78. The number of fused-ring (bicyclic) bond motifs is 1. The van der Waals surface area contributed by atoms with Crippen molar-refractivity contribution in [2.75, 3.05) is 11.9 Å². The molecular formula is C21H23BN6O. The Balaban J connectivity index is 1.64. The summed E-state index contributed by atoms with van der Waals surface area (Å²) in [6, 6.07) is 14.5. The number of nitriles is 1. The fraction of sp³-hybridized carbons (Fsp3) is 0.333. The molecule has 0 atom stereocenters. The van der Waals surface area contributed by atoms with Gasteiger partial charge in [0.2, 0.25) is 0 Å². The molecule has 0 unspecified atom stereocenters. The smallest absolute Gasteiger partial charge is 0.272 e. The molecule has 3 aromatic rings. The van der Waals surface area contributed by atoms with Gasteiger partial charge in [-0.05, 0) is 39.2 Å². The molecule has 2 aromatic heterocycles. The Hall–Kier alpha value is -3.34. The van der Waals surface area contributed by atoms with E-state index in [0.717, 1.165) is 17.7 Å². The molecule has 0 radical (unpaired) electrons. The number of hydrogen-bond donors (Lipinski definition) is 1. The van der Waals surface area contributed by atoms with E-state index in [4.69, 9.17) is 0 Å².